The number of nitrogens with one attached hydrogen (secondary N) is 2. The minimum absolute atomic E-state index is 0.286. The smallest absolute Gasteiger partial charge is 0.241 e. The van der Waals surface area contributed by atoms with Gasteiger partial charge >= 0.3 is 0 Å². The van der Waals surface area contributed by atoms with Gasteiger partial charge in [0.25, 0.3) is 0 Å². The Hall–Kier alpha value is -0.470. The van der Waals surface area contributed by atoms with Crippen molar-refractivity contribution in [1.29, 1.82) is 0 Å². The van der Waals surface area contributed by atoms with Gasteiger partial charge in [0.15, 0.2) is 0 Å². The number of hydrogen-bond acceptors (Lipinski definition) is 5. The molecule has 7 heteroatoms. The fraction of sp³-hybridized carbons (Fsp3) is 0.692. The van der Waals surface area contributed by atoms with Crippen molar-refractivity contribution in [3.63, 3.8) is 0 Å². The van der Waals surface area contributed by atoms with Crippen molar-refractivity contribution in [2.75, 3.05) is 26.3 Å². The Morgan fingerprint density at radius 2 is 2.35 bits per heavy atom. The van der Waals surface area contributed by atoms with E-state index in [9.17, 15) is 8.42 Å². The molecule has 1 unspecified atom stereocenters. The molecule has 0 aliphatic carbocycles. The van der Waals surface area contributed by atoms with Crippen molar-refractivity contribution in [2.24, 2.45) is 5.92 Å². The Labute approximate surface area is 124 Å². The lowest BCUT2D eigenvalue weighted by Gasteiger charge is -2.22. The largest absolute Gasteiger partial charge is 0.381 e. The average molecular weight is 318 g/mol. The molecule has 20 heavy (non-hydrogen) atoms. The molecule has 0 radical (unpaired) electrons. The summed E-state index contributed by atoms with van der Waals surface area (Å²) < 4.78 is 32.8. The molecule has 0 amide bonds. The Balaban J connectivity index is 1.97. The van der Waals surface area contributed by atoms with Gasteiger partial charge < -0.3 is 10.1 Å². The highest BCUT2D eigenvalue weighted by Crippen LogP contribution is 2.22. The molecule has 1 atom stereocenters. The molecule has 1 aromatic heterocycles. The molecule has 2 N–H and O–H groups in total. The molecule has 2 heterocycles. The summed E-state index contributed by atoms with van der Waals surface area (Å²) in [6.07, 6.45) is 2.03. The van der Waals surface area contributed by atoms with Crippen molar-refractivity contribution >= 4 is 21.4 Å². The van der Waals surface area contributed by atoms with Gasteiger partial charge in [-0.3, -0.25) is 0 Å². The van der Waals surface area contributed by atoms with E-state index in [0.29, 0.717) is 24.6 Å². The highest BCUT2D eigenvalue weighted by atomic mass is 32.2. The predicted molar refractivity (Wildman–Crippen MR) is 80.4 cm³/mol. The number of sulfonamides is 1. The molecule has 1 aliphatic heterocycles. The van der Waals surface area contributed by atoms with Gasteiger partial charge in [0.2, 0.25) is 10.0 Å². The van der Waals surface area contributed by atoms with E-state index in [1.165, 1.54) is 11.3 Å². The monoisotopic (exact) mass is 318 g/mol. The second-order valence-electron chi connectivity index (χ2n) is 4.92. The molecule has 5 nitrogen and oxygen atoms in total. The lowest BCUT2D eigenvalue weighted by atomic mass is 10.0. The summed E-state index contributed by atoms with van der Waals surface area (Å²) in [6.45, 7) is 5.32. The standard InChI is InChI=1S/C13H22N2O3S2/c1-2-14-9-12-13(5-7-19-12)20(16,17)15-8-11-4-3-6-18-10-11/h5,7,11,14-15H,2-4,6,8-10H2,1H3. The van der Waals surface area contributed by atoms with Crippen LogP contribution in [0.3, 0.4) is 0 Å². The van der Waals surface area contributed by atoms with Crippen molar-refractivity contribution in [3.8, 4) is 0 Å². The number of hydrogen-bond donors (Lipinski definition) is 2. The van der Waals surface area contributed by atoms with Gasteiger partial charge in [-0.25, -0.2) is 13.1 Å². The molecule has 0 spiro atoms. The molecule has 0 bridgehead atoms. The zero-order valence-electron chi connectivity index (χ0n) is 11.7. The summed E-state index contributed by atoms with van der Waals surface area (Å²) in [5.41, 5.74) is 0. The molecular weight excluding hydrogens is 296 g/mol. The van der Waals surface area contributed by atoms with Crippen molar-refractivity contribution in [3.05, 3.63) is 16.3 Å². The summed E-state index contributed by atoms with van der Waals surface area (Å²) in [5.74, 6) is 0.286. The predicted octanol–water partition coefficient (Wildman–Crippen LogP) is 1.56. The quantitative estimate of drug-likeness (QED) is 0.801. The molecule has 1 aromatic rings. The van der Waals surface area contributed by atoms with Crippen LogP contribution >= 0.6 is 11.3 Å². The molecule has 114 valence electrons. The number of ether oxygens (including phenoxy) is 1. The highest BCUT2D eigenvalue weighted by molar-refractivity contribution is 7.89. The SMILES string of the molecule is CCNCc1sccc1S(=O)(=O)NCC1CCCOC1. The van der Waals surface area contributed by atoms with Crippen molar-refractivity contribution in [2.45, 2.75) is 31.2 Å². The van der Waals surface area contributed by atoms with E-state index in [1.54, 1.807) is 6.07 Å². The Bertz CT molecular complexity index is 507. The second-order valence-corrected chi connectivity index (χ2v) is 7.66. The summed E-state index contributed by atoms with van der Waals surface area (Å²) >= 11 is 1.47. The minimum Gasteiger partial charge on any atom is -0.381 e. The summed E-state index contributed by atoms with van der Waals surface area (Å²) in [5, 5.41) is 4.99. The highest BCUT2D eigenvalue weighted by Gasteiger charge is 2.22. The Kier molecular flexibility index (Phi) is 5.98. The fourth-order valence-corrected chi connectivity index (χ4v) is 4.74. The summed E-state index contributed by atoms with van der Waals surface area (Å²) in [7, 11) is -3.41. The van der Waals surface area contributed by atoms with E-state index in [-0.39, 0.29) is 5.92 Å². The fourth-order valence-electron chi connectivity index (χ4n) is 2.21. The van der Waals surface area contributed by atoms with E-state index in [1.807, 2.05) is 12.3 Å². The van der Waals surface area contributed by atoms with Gasteiger partial charge in [-0.2, -0.15) is 0 Å². The molecule has 0 saturated carbocycles. The van der Waals surface area contributed by atoms with Crippen molar-refractivity contribution < 1.29 is 13.2 Å². The van der Waals surface area contributed by atoms with Crippen LogP contribution in [0.25, 0.3) is 0 Å². The van der Waals surface area contributed by atoms with Gasteiger partial charge in [0.1, 0.15) is 0 Å². The first kappa shape index (κ1) is 15.9. The normalized spacial score (nSPS) is 20.1. The first-order valence-electron chi connectivity index (χ1n) is 6.98. The lowest BCUT2D eigenvalue weighted by molar-refractivity contribution is 0.0568. The van der Waals surface area contributed by atoms with Crippen LogP contribution in [0.4, 0.5) is 0 Å². The van der Waals surface area contributed by atoms with Gasteiger partial charge in [-0.05, 0) is 36.8 Å². The van der Waals surface area contributed by atoms with Crippen LogP contribution in [-0.4, -0.2) is 34.7 Å². The second kappa shape index (κ2) is 7.51. The van der Waals surface area contributed by atoms with Crippen LogP contribution in [0, 0.1) is 5.92 Å². The van der Waals surface area contributed by atoms with E-state index in [2.05, 4.69) is 10.0 Å². The third-order valence-electron chi connectivity index (χ3n) is 3.35. The van der Waals surface area contributed by atoms with Crippen LogP contribution < -0.4 is 10.0 Å². The van der Waals surface area contributed by atoms with Crippen LogP contribution in [0.5, 0.6) is 0 Å². The third-order valence-corrected chi connectivity index (χ3v) is 5.90. The van der Waals surface area contributed by atoms with E-state index >= 15 is 0 Å². The topological polar surface area (TPSA) is 67.4 Å². The van der Waals surface area contributed by atoms with Crippen molar-refractivity contribution in [1.82, 2.24) is 10.0 Å². The minimum atomic E-state index is -3.41. The Morgan fingerprint density at radius 1 is 1.50 bits per heavy atom. The third kappa shape index (κ3) is 4.26. The maximum atomic E-state index is 12.3. The molecular formula is C13H22N2O3S2. The zero-order valence-corrected chi connectivity index (χ0v) is 13.4. The van der Waals surface area contributed by atoms with Crippen LogP contribution in [-0.2, 0) is 21.3 Å². The zero-order chi connectivity index (χ0) is 14.4. The average Bonchev–Trinajstić information content (AvgIpc) is 2.93. The van der Waals surface area contributed by atoms with Crippen LogP contribution in [0.2, 0.25) is 0 Å². The summed E-state index contributed by atoms with van der Waals surface area (Å²) in [6, 6.07) is 1.68. The van der Waals surface area contributed by atoms with Gasteiger partial charge in [0, 0.05) is 24.6 Å². The van der Waals surface area contributed by atoms with Gasteiger partial charge in [0.05, 0.1) is 11.5 Å². The Morgan fingerprint density at radius 3 is 3.05 bits per heavy atom. The first-order valence-corrected chi connectivity index (χ1v) is 9.34. The maximum absolute atomic E-state index is 12.3. The van der Waals surface area contributed by atoms with E-state index in [4.69, 9.17) is 4.74 Å². The molecule has 1 fully saturated rings. The molecule has 0 aromatic carbocycles. The first-order chi connectivity index (χ1) is 9.63. The molecule has 1 saturated heterocycles. The maximum Gasteiger partial charge on any atom is 0.241 e. The number of thiophene rings is 1. The van der Waals surface area contributed by atoms with Crippen LogP contribution in [0.15, 0.2) is 16.3 Å². The molecule has 1 aliphatic rings. The van der Waals surface area contributed by atoms with E-state index < -0.39 is 10.0 Å². The van der Waals surface area contributed by atoms with Gasteiger partial charge in [-0.1, -0.05) is 6.92 Å². The van der Waals surface area contributed by atoms with Gasteiger partial charge in [-0.15, -0.1) is 11.3 Å². The molecule has 2 rings (SSSR count). The lowest BCUT2D eigenvalue weighted by Crippen LogP contribution is -2.33. The number of rotatable bonds is 7. The summed E-state index contributed by atoms with van der Waals surface area (Å²) in [4.78, 5) is 1.26. The van der Waals surface area contributed by atoms with E-state index in [0.717, 1.165) is 30.9 Å². The van der Waals surface area contributed by atoms with Crippen LogP contribution in [0.1, 0.15) is 24.6 Å².